The number of hydrogen-bond acceptors (Lipinski definition) is 5. The molecule has 0 N–H and O–H groups in total. The largest absolute Gasteiger partial charge is 0.464 e. The highest BCUT2D eigenvalue weighted by molar-refractivity contribution is 5.88. The quantitative estimate of drug-likeness (QED) is 0.755. The maximum Gasteiger partial charge on any atom is 0.360 e. The highest BCUT2D eigenvalue weighted by Gasteiger charge is 2.22. The van der Waals surface area contributed by atoms with Crippen molar-refractivity contribution in [1.82, 2.24) is 15.0 Å². The van der Waals surface area contributed by atoms with Crippen LogP contribution in [0.1, 0.15) is 42.4 Å². The van der Waals surface area contributed by atoms with Crippen LogP contribution in [0.15, 0.2) is 0 Å². The Labute approximate surface area is 113 Å². The molecule has 1 aromatic rings. The molecule has 106 valence electrons. The van der Waals surface area contributed by atoms with Gasteiger partial charge in [-0.25, -0.2) is 9.48 Å². The Morgan fingerprint density at radius 2 is 2.21 bits per heavy atom. The molecular weight excluding hydrogens is 246 g/mol. The Morgan fingerprint density at radius 3 is 2.84 bits per heavy atom. The van der Waals surface area contributed by atoms with Crippen LogP contribution in [-0.2, 0) is 22.4 Å². The van der Waals surface area contributed by atoms with Crippen LogP contribution in [0.4, 0.5) is 0 Å². The van der Waals surface area contributed by atoms with Crippen molar-refractivity contribution in [2.75, 3.05) is 20.3 Å². The number of nitrogens with zero attached hydrogens (tertiary/aromatic N) is 3. The third-order valence-electron chi connectivity index (χ3n) is 3.48. The molecule has 0 radical (unpaired) electrons. The van der Waals surface area contributed by atoms with E-state index in [1.54, 1.807) is 0 Å². The number of hydrogen-bond donors (Lipinski definition) is 0. The van der Waals surface area contributed by atoms with E-state index in [-0.39, 0.29) is 0 Å². The van der Waals surface area contributed by atoms with Crippen molar-refractivity contribution in [2.45, 2.75) is 39.2 Å². The zero-order valence-electron chi connectivity index (χ0n) is 11.6. The molecule has 0 atom stereocenters. The van der Waals surface area contributed by atoms with Crippen LogP contribution in [0, 0.1) is 5.92 Å². The van der Waals surface area contributed by atoms with Crippen molar-refractivity contribution in [2.24, 2.45) is 5.92 Å². The topological polar surface area (TPSA) is 66.2 Å². The van der Waals surface area contributed by atoms with Gasteiger partial charge >= 0.3 is 5.97 Å². The van der Waals surface area contributed by atoms with Gasteiger partial charge in [-0.2, -0.15) is 0 Å². The second-order valence-corrected chi connectivity index (χ2v) is 4.86. The molecule has 0 amide bonds. The van der Waals surface area contributed by atoms with Crippen molar-refractivity contribution in [3.63, 3.8) is 0 Å². The van der Waals surface area contributed by atoms with Crippen molar-refractivity contribution in [3.05, 3.63) is 11.4 Å². The average Bonchev–Trinajstić information content (AvgIpc) is 2.83. The first-order valence-corrected chi connectivity index (χ1v) is 6.84. The fourth-order valence-electron chi connectivity index (χ4n) is 2.39. The lowest BCUT2D eigenvalue weighted by atomic mass is 10.0. The van der Waals surface area contributed by atoms with Gasteiger partial charge in [0, 0.05) is 19.8 Å². The standard InChI is InChI=1S/C13H21N3O3/c1-3-4-11-12(13(17)18-2)14-15-16(11)9-10-5-7-19-8-6-10/h10H,3-9H2,1-2H3. The molecule has 0 bridgehead atoms. The first-order chi connectivity index (χ1) is 9.26. The summed E-state index contributed by atoms with van der Waals surface area (Å²) in [6.07, 6.45) is 3.82. The van der Waals surface area contributed by atoms with E-state index in [1.807, 2.05) is 4.68 Å². The monoisotopic (exact) mass is 267 g/mol. The lowest BCUT2D eigenvalue weighted by molar-refractivity contribution is 0.0584. The van der Waals surface area contributed by atoms with Crippen molar-refractivity contribution >= 4 is 5.97 Å². The molecule has 0 aliphatic carbocycles. The molecule has 2 rings (SSSR count). The zero-order valence-corrected chi connectivity index (χ0v) is 11.6. The normalized spacial score (nSPS) is 16.5. The Morgan fingerprint density at radius 1 is 1.47 bits per heavy atom. The first-order valence-electron chi connectivity index (χ1n) is 6.84. The highest BCUT2D eigenvalue weighted by Crippen LogP contribution is 2.19. The summed E-state index contributed by atoms with van der Waals surface area (Å²) >= 11 is 0. The van der Waals surface area contributed by atoms with Crippen molar-refractivity contribution in [3.8, 4) is 0 Å². The van der Waals surface area contributed by atoms with E-state index in [4.69, 9.17) is 9.47 Å². The van der Waals surface area contributed by atoms with Gasteiger partial charge in [0.25, 0.3) is 0 Å². The van der Waals surface area contributed by atoms with Gasteiger partial charge in [0.15, 0.2) is 5.69 Å². The van der Waals surface area contributed by atoms with Crippen LogP contribution in [0.5, 0.6) is 0 Å². The minimum absolute atomic E-state index is 0.358. The molecule has 1 saturated heterocycles. The smallest absolute Gasteiger partial charge is 0.360 e. The molecule has 0 unspecified atom stereocenters. The van der Waals surface area contributed by atoms with Crippen LogP contribution in [0.25, 0.3) is 0 Å². The fourth-order valence-corrected chi connectivity index (χ4v) is 2.39. The van der Waals surface area contributed by atoms with Gasteiger partial charge in [0.1, 0.15) is 0 Å². The van der Waals surface area contributed by atoms with E-state index in [9.17, 15) is 4.79 Å². The molecular formula is C13H21N3O3. The third-order valence-corrected chi connectivity index (χ3v) is 3.48. The summed E-state index contributed by atoms with van der Waals surface area (Å²) in [6, 6.07) is 0. The van der Waals surface area contributed by atoms with E-state index in [0.717, 1.165) is 51.1 Å². The van der Waals surface area contributed by atoms with Gasteiger partial charge in [-0.15, -0.1) is 5.10 Å². The molecule has 6 heteroatoms. The molecule has 1 aliphatic heterocycles. The van der Waals surface area contributed by atoms with Crippen LogP contribution < -0.4 is 0 Å². The van der Waals surface area contributed by atoms with Crippen LogP contribution in [0.2, 0.25) is 0 Å². The average molecular weight is 267 g/mol. The lowest BCUT2D eigenvalue weighted by Gasteiger charge is -2.22. The summed E-state index contributed by atoms with van der Waals surface area (Å²) in [7, 11) is 1.37. The minimum atomic E-state index is -0.401. The third kappa shape index (κ3) is 3.32. The van der Waals surface area contributed by atoms with E-state index in [0.29, 0.717) is 11.6 Å². The Hall–Kier alpha value is -1.43. The van der Waals surface area contributed by atoms with E-state index >= 15 is 0 Å². The summed E-state index contributed by atoms with van der Waals surface area (Å²) in [5.74, 6) is 0.151. The molecule has 0 spiro atoms. The van der Waals surface area contributed by atoms with Gasteiger partial charge in [0.2, 0.25) is 0 Å². The van der Waals surface area contributed by atoms with Gasteiger partial charge in [0.05, 0.1) is 12.8 Å². The van der Waals surface area contributed by atoms with Crippen LogP contribution in [-0.4, -0.2) is 41.3 Å². The molecule has 0 saturated carbocycles. The molecule has 1 aromatic heterocycles. The Kier molecular flexibility index (Phi) is 4.90. The second kappa shape index (κ2) is 6.65. The number of rotatable bonds is 5. The Balaban J connectivity index is 2.14. The predicted molar refractivity (Wildman–Crippen MR) is 68.9 cm³/mol. The summed E-state index contributed by atoms with van der Waals surface area (Å²) in [5, 5.41) is 8.10. The number of carbonyl (C=O) groups is 1. The fraction of sp³-hybridized carbons (Fsp3) is 0.769. The van der Waals surface area contributed by atoms with E-state index < -0.39 is 5.97 Å². The van der Waals surface area contributed by atoms with Gasteiger partial charge in [-0.1, -0.05) is 18.6 Å². The zero-order chi connectivity index (χ0) is 13.7. The minimum Gasteiger partial charge on any atom is -0.464 e. The number of carbonyl (C=O) groups excluding carboxylic acids is 1. The van der Waals surface area contributed by atoms with Crippen LogP contribution >= 0.6 is 0 Å². The summed E-state index contributed by atoms with van der Waals surface area (Å²) < 4.78 is 12.0. The van der Waals surface area contributed by atoms with E-state index in [2.05, 4.69) is 17.2 Å². The number of aromatic nitrogens is 3. The number of methoxy groups -OCH3 is 1. The Bertz CT molecular complexity index is 425. The summed E-state index contributed by atoms with van der Waals surface area (Å²) in [4.78, 5) is 11.7. The van der Waals surface area contributed by atoms with Gasteiger partial charge in [-0.3, -0.25) is 0 Å². The number of esters is 1. The molecule has 19 heavy (non-hydrogen) atoms. The van der Waals surface area contributed by atoms with Crippen molar-refractivity contribution < 1.29 is 14.3 Å². The highest BCUT2D eigenvalue weighted by atomic mass is 16.5. The number of ether oxygens (including phenoxy) is 2. The van der Waals surface area contributed by atoms with Gasteiger partial charge in [-0.05, 0) is 25.2 Å². The molecule has 1 fully saturated rings. The van der Waals surface area contributed by atoms with Crippen molar-refractivity contribution in [1.29, 1.82) is 0 Å². The summed E-state index contributed by atoms with van der Waals surface area (Å²) in [5.41, 5.74) is 1.25. The summed E-state index contributed by atoms with van der Waals surface area (Å²) in [6.45, 7) is 4.51. The van der Waals surface area contributed by atoms with Gasteiger partial charge < -0.3 is 9.47 Å². The van der Waals surface area contributed by atoms with E-state index in [1.165, 1.54) is 7.11 Å². The second-order valence-electron chi connectivity index (χ2n) is 4.86. The first kappa shape index (κ1) is 14.0. The maximum atomic E-state index is 11.7. The van der Waals surface area contributed by atoms with Crippen LogP contribution in [0.3, 0.4) is 0 Å². The predicted octanol–water partition coefficient (Wildman–Crippen LogP) is 1.44. The molecule has 1 aliphatic rings. The maximum absolute atomic E-state index is 11.7. The lowest BCUT2D eigenvalue weighted by Crippen LogP contribution is -2.22. The molecule has 0 aromatic carbocycles. The SMILES string of the molecule is CCCc1c(C(=O)OC)nnn1CC1CCOCC1. The molecule has 2 heterocycles. The molecule has 6 nitrogen and oxygen atoms in total.